The van der Waals surface area contributed by atoms with Crippen LogP contribution < -0.4 is 0 Å². The van der Waals surface area contributed by atoms with Gasteiger partial charge in [0.25, 0.3) is 0 Å². The summed E-state index contributed by atoms with van der Waals surface area (Å²) in [4.78, 5) is 11.1. The SMILES string of the molecule is CC1(C)O[C@H]2CC3(Cn4c(C=O)ccc4CO3)OC[C@H]2O1. The van der Waals surface area contributed by atoms with E-state index in [0.29, 0.717) is 31.9 Å². The highest BCUT2D eigenvalue weighted by Crippen LogP contribution is 2.41. The van der Waals surface area contributed by atoms with Crippen LogP contribution in [0.15, 0.2) is 12.1 Å². The van der Waals surface area contributed by atoms with Crippen molar-refractivity contribution in [1.82, 2.24) is 4.57 Å². The molecule has 1 aromatic heterocycles. The lowest BCUT2D eigenvalue weighted by Crippen LogP contribution is -2.53. The number of fused-ring (bicyclic) bond motifs is 2. The molecule has 0 amide bonds. The number of aromatic nitrogens is 1. The van der Waals surface area contributed by atoms with Crippen LogP contribution in [0.5, 0.6) is 0 Å². The second-order valence-electron chi connectivity index (χ2n) is 6.38. The molecule has 2 fully saturated rings. The Kier molecular flexibility index (Phi) is 2.81. The Labute approximate surface area is 122 Å². The zero-order chi connectivity index (χ0) is 14.7. The molecule has 1 aromatic rings. The lowest BCUT2D eigenvalue weighted by molar-refractivity contribution is -0.299. The van der Waals surface area contributed by atoms with Gasteiger partial charge in [-0.2, -0.15) is 0 Å². The lowest BCUT2D eigenvalue weighted by Gasteiger charge is -2.43. The van der Waals surface area contributed by atoms with Crippen molar-refractivity contribution in [1.29, 1.82) is 0 Å². The molecular formula is C15H19NO5. The molecule has 0 bridgehead atoms. The highest BCUT2D eigenvalue weighted by molar-refractivity contribution is 5.72. The van der Waals surface area contributed by atoms with Crippen molar-refractivity contribution >= 4 is 6.29 Å². The fraction of sp³-hybridized carbons (Fsp3) is 0.667. The number of carbonyl (C=O) groups is 1. The molecule has 0 aromatic carbocycles. The molecule has 114 valence electrons. The molecule has 3 aliphatic heterocycles. The molecule has 1 spiro atoms. The fourth-order valence-electron chi connectivity index (χ4n) is 3.47. The normalized spacial score (nSPS) is 37.2. The van der Waals surface area contributed by atoms with Gasteiger partial charge in [-0.15, -0.1) is 0 Å². The first-order chi connectivity index (χ1) is 10.0. The van der Waals surface area contributed by atoms with E-state index in [9.17, 15) is 4.79 Å². The second kappa shape index (κ2) is 4.39. The van der Waals surface area contributed by atoms with Crippen LogP contribution in [0.1, 0.15) is 36.5 Å². The maximum absolute atomic E-state index is 11.1. The summed E-state index contributed by atoms with van der Waals surface area (Å²) in [6.07, 6.45) is 1.39. The van der Waals surface area contributed by atoms with Gasteiger partial charge in [0.15, 0.2) is 17.9 Å². The van der Waals surface area contributed by atoms with E-state index < -0.39 is 11.6 Å². The van der Waals surface area contributed by atoms with Crippen LogP contribution >= 0.6 is 0 Å². The summed E-state index contributed by atoms with van der Waals surface area (Å²) in [5.41, 5.74) is 1.65. The Morgan fingerprint density at radius 3 is 2.86 bits per heavy atom. The van der Waals surface area contributed by atoms with Crippen molar-refractivity contribution < 1.29 is 23.7 Å². The number of carbonyl (C=O) groups excluding carboxylic acids is 1. The fourth-order valence-corrected chi connectivity index (χ4v) is 3.47. The standard InChI is InChI=1S/C15H19NO5/c1-14(2)20-12-5-15(19-8-13(12)21-14)9-16-10(6-17)3-4-11(16)7-18-15/h3-4,6,12-13H,5,7-9H2,1-2H3/t12-,13+,15?/m0/s1. The van der Waals surface area contributed by atoms with E-state index in [4.69, 9.17) is 18.9 Å². The van der Waals surface area contributed by atoms with Gasteiger partial charge < -0.3 is 23.5 Å². The summed E-state index contributed by atoms with van der Waals surface area (Å²) >= 11 is 0. The van der Waals surface area contributed by atoms with Crippen molar-refractivity contribution in [2.75, 3.05) is 6.61 Å². The number of rotatable bonds is 1. The van der Waals surface area contributed by atoms with Gasteiger partial charge in [0, 0.05) is 12.1 Å². The van der Waals surface area contributed by atoms with E-state index in [0.717, 1.165) is 12.0 Å². The predicted molar refractivity (Wildman–Crippen MR) is 71.7 cm³/mol. The topological polar surface area (TPSA) is 58.9 Å². The number of ether oxygens (including phenoxy) is 4. The van der Waals surface area contributed by atoms with Crippen LogP contribution in [0.4, 0.5) is 0 Å². The molecule has 4 heterocycles. The van der Waals surface area contributed by atoms with E-state index in [1.807, 2.05) is 30.5 Å². The van der Waals surface area contributed by atoms with Crippen molar-refractivity contribution in [2.24, 2.45) is 0 Å². The third kappa shape index (κ3) is 2.14. The minimum Gasteiger partial charge on any atom is -0.345 e. The molecule has 0 radical (unpaired) electrons. The van der Waals surface area contributed by atoms with Crippen LogP contribution in [0.3, 0.4) is 0 Å². The quantitative estimate of drug-likeness (QED) is 0.734. The molecule has 4 rings (SSSR count). The summed E-state index contributed by atoms with van der Waals surface area (Å²) < 4.78 is 25.7. The Balaban J connectivity index is 1.58. The lowest BCUT2D eigenvalue weighted by atomic mass is 9.99. The zero-order valence-corrected chi connectivity index (χ0v) is 12.2. The molecule has 0 saturated carbocycles. The molecule has 0 aliphatic carbocycles. The number of aldehydes is 1. The van der Waals surface area contributed by atoms with Crippen molar-refractivity contribution in [3.05, 3.63) is 23.5 Å². The maximum Gasteiger partial charge on any atom is 0.189 e. The van der Waals surface area contributed by atoms with Gasteiger partial charge in [-0.05, 0) is 26.0 Å². The van der Waals surface area contributed by atoms with Gasteiger partial charge in [0.05, 0.1) is 31.6 Å². The van der Waals surface area contributed by atoms with E-state index in [1.54, 1.807) is 0 Å². The van der Waals surface area contributed by atoms with Crippen LogP contribution in [0.25, 0.3) is 0 Å². The van der Waals surface area contributed by atoms with E-state index >= 15 is 0 Å². The summed E-state index contributed by atoms with van der Waals surface area (Å²) in [7, 11) is 0. The summed E-state index contributed by atoms with van der Waals surface area (Å²) in [5.74, 6) is -1.31. The average molecular weight is 293 g/mol. The van der Waals surface area contributed by atoms with E-state index in [2.05, 4.69) is 0 Å². The smallest absolute Gasteiger partial charge is 0.189 e. The first-order valence-corrected chi connectivity index (χ1v) is 7.27. The minimum absolute atomic E-state index is 0.0365. The molecule has 6 heteroatoms. The van der Waals surface area contributed by atoms with Crippen molar-refractivity contribution in [3.8, 4) is 0 Å². The van der Waals surface area contributed by atoms with Gasteiger partial charge in [-0.25, -0.2) is 0 Å². The number of nitrogens with zero attached hydrogens (tertiary/aromatic N) is 1. The van der Waals surface area contributed by atoms with E-state index in [-0.39, 0.29) is 12.2 Å². The molecule has 6 nitrogen and oxygen atoms in total. The molecule has 21 heavy (non-hydrogen) atoms. The molecule has 0 N–H and O–H groups in total. The van der Waals surface area contributed by atoms with Crippen LogP contribution in [0, 0.1) is 0 Å². The Bertz CT molecular complexity index is 581. The largest absolute Gasteiger partial charge is 0.345 e. The van der Waals surface area contributed by atoms with Crippen molar-refractivity contribution in [2.45, 2.75) is 57.2 Å². The first-order valence-electron chi connectivity index (χ1n) is 7.27. The van der Waals surface area contributed by atoms with Gasteiger partial charge >= 0.3 is 0 Å². The molecule has 3 aliphatic rings. The number of hydrogen-bond acceptors (Lipinski definition) is 5. The van der Waals surface area contributed by atoms with Crippen LogP contribution in [-0.4, -0.2) is 41.2 Å². The van der Waals surface area contributed by atoms with Crippen molar-refractivity contribution in [3.63, 3.8) is 0 Å². The predicted octanol–water partition coefficient (Wildman–Crippen LogP) is 1.47. The van der Waals surface area contributed by atoms with Crippen LogP contribution in [0.2, 0.25) is 0 Å². The van der Waals surface area contributed by atoms with Gasteiger partial charge in [0.2, 0.25) is 0 Å². The molecule has 1 unspecified atom stereocenters. The Morgan fingerprint density at radius 1 is 1.24 bits per heavy atom. The minimum atomic E-state index is -0.727. The van der Waals surface area contributed by atoms with E-state index in [1.165, 1.54) is 0 Å². The van der Waals surface area contributed by atoms with Gasteiger partial charge in [-0.3, -0.25) is 4.79 Å². The molecule has 2 saturated heterocycles. The highest BCUT2D eigenvalue weighted by atomic mass is 16.8. The first kappa shape index (κ1) is 13.5. The summed E-state index contributed by atoms with van der Waals surface area (Å²) in [6, 6.07) is 3.73. The Morgan fingerprint density at radius 2 is 2.05 bits per heavy atom. The van der Waals surface area contributed by atoms with Gasteiger partial charge in [-0.1, -0.05) is 0 Å². The third-order valence-electron chi connectivity index (χ3n) is 4.42. The average Bonchev–Trinajstić information content (AvgIpc) is 2.96. The third-order valence-corrected chi connectivity index (χ3v) is 4.42. The molecular weight excluding hydrogens is 274 g/mol. The zero-order valence-electron chi connectivity index (χ0n) is 12.2. The highest BCUT2D eigenvalue weighted by Gasteiger charge is 2.52. The summed E-state index contributed by atoms with van der Waals surface area (Å²) in [5, 5.41) is 0. The number of hydrogen-bond donors (Lipinski definition) is 0. The Hall–Kier alpha value is -1.21. The summed E-state index contributed by atoms with van der Waals surface area (Å²) in [6.45, 7) is 5.22. The van der Waals surface area contributed by atoms with Gasteiger partial charge in [0.1, 0.15) is 6.10 Å². The molecule has 3 atom stereocenters. The van der Waals surface area contributed by atoms with Crippen LogP contribution in [-0.2, 0) is 32.1 Å². The second-order valence-corrected chi connectivity index (χ2v) is 6.38. The monoisotopic (exact) mass is 293 g/mol. The maximum atomic E-state index is 11.1.